The Labute approximate surface area is 184 Å². The Balaban J connectivity index is 1.56. The summed E-state index contributed by atoms with van der Waals surface area (Å²) >= 11 is 0. The van der Waals surface area contributed by atoms with Gasteiger partial charge in [-0.2, -0.15) is 0 Å². The summed E-state index contributed by atoms with van der Waals surface area (Å²) in [6.07, 6.45) is 5.41. The first kappa shape index (κ1) is 19.0. The Morgan fingerprint density at radius 3 is 1.71 bits per heavy atom. The lowest BCUT2D eigenvalue weighted by Gasteiger charge is -2.36. The third kappa shape index (κ3) is 3.35. The standard InChI is InChI=1S/C29H29NO/c31-29(16-6-1-7-17-29)20-30-18-23-14-12-21-8-2-4-10-25(21)27(23)28-24(19-30)15-13-22-9-3-5-11-26(22)28/h2-5,8-15,31H,1,6-7,16-20H2. The molecule has 2 nitrogen and oxygen atoms in total. The van der Waals surface area contributed by atoms with Crippen molar-refractivity contribution in [1.82, 2.24) is 4.90 Å². The Hall–Kier alpha value is -2.68. The minimum atomic E-state index is -0.545. The lowest BCUT2D eigenvalue weighted by Crippen LogP contribution is -2.43. The number of hydrogen-bond acceptors (Lipinski definition) is 2. The highest BCUT2D eigenvalue weighted by Gasteiger charge is 2.33. The van der Waals surface area contributed by atoms with E-state index in [9.17, 15) is 5.11 Å². The van der Waals surface area contributed by atoms with Crippen molar-refractivity contribution in [2.45, 2.75) is 50.8 Å². The largest absolute Gasteiger partial charge is 0.389 e. The molecule has 0 aromatic heterocycles. The summed E-state index contributed by atoms with van der Waals surface area (Å²) in [5.41, 5.74) is 4.95. The maximum absolute atomic E-state index is 11.3. The van der Waals surface area contributed by atoms with Gasteiger partial charge >= 0.3 is 0 Å². The number of rotatable bonds is 2. The van der Waals surface area contributed by atoms with Gasteiger partial charge in [-0.15, -0.1) is 0 Å². The molecule has 4 aromatic carbocycles. The first-order chi connectivity index (χ1) is 15.2. The van der Waals surface area contributed by atoms with Gasteiger partial charge in [0.1, 0.15) is 0 Å². The first-order valence-electron chi connectivity index (χ1n) is 11.7. The Morgan fingerprint density at radius 2 is 1.16 bits per heavy atom. The summed E-state index contributed by atoms with van der Waals surface area (Å²) < 4.78 is 0. The fourth-order valence-corrected chi connectivity index (χ4v) is 5.92. The molecular formula is C29H29NO. The number of nitrogens with zero attached hydrogens (tertiary/aromatic N) is 1. The van der Waals surface area contributed by atoms with Crippen LogP contribution in [-0.2, 0) is 13.1 Å². The molecule has 2 aliphatic rings. The fourth-order valence-electron chi connectivity index (χ4n) is 5.92. The van der Waals surface area contributed by atoms with Gasteiger partial charge in [-0.25, -0.2) is 0 Å². The van der Waals surface area contributed by atoms with E-state index < -0.39 is 5.60 Å². The molecule has 0 radical (unpaired) electrons. The average Bonchev–Trinajstić information content (AvgIpc) is 2.95. The van der Waals surface area contributed by atoms with Crippen LogP contribution in [0.4, 0.5) is 0 Å². The average molecular weight is 408 g/mol. The number of benzene rings is 4. The van der Waals surface area contributed by atoms with Crippen molar-refractivity contribution >= 4 is 21.5 Å². The molecule has 4 aromatic rings. The molecule has 156 valence electrons. The molecule has 0 spiro atoms. The molecular weight excluding hydrogens is 378 g/mol. The lowest BCUT2D eigenvalue weighted by atomic mass is 9.84. The van der Waals surface area contributed by atoms with Gasteiger partial charge in [0.25, 0.3) is 0 Å². The Morgan fingerprint density at radius 1 is 0.645 bits per heavy atom. The second-order valence-corrected chi connectivity index (χ2v) is 9.57. The quantitative estimate of drug-likeness (QED) is 0.401. The van der Waals surface area contributed by atoms with E-state index in [0.29, 0.717) is 0 Å². The summed E-state index contributed by atoms with van der Waals surface area (Å²) in [5.74, 6) is 0. The zero-order chi connectivity index (χ0) is 20.8. The second-order valence-electron chi connectivity index (χ2n) is 9.57. The summed E-state index contributed by atoms with van der Waals surface area (Å²) in [4.78, 5) is 2.49. The number of fused-ring (bicyclic) bond motifs is 7. The molecule has 1 saturated carbocycles. The van der Waals surface area contributed by atoms with E-state index in [-0.39, 0.29) is 0 Å². The predicted molar refractivity (Wildman–Crippen MR) is 129 cm³/mol. The van der Waals surface area contributed by atoms with Crippen LogP contribution in [0.1, 0.15) is 43.2 Å². The van der Waals surface area contributed by atoms with Crippen molar-refractivity contribution in [2.24, 2.45) is 0 Å². The van der Waals surface area contributed by atoms with Crippen LogP contribution < -0.4 is 0 Å². The Kier molecular flexibility index (Phi) is 4.59. The number of β-amino-alcohol motifs (C(OH)–C–C–N with tert-alkyl or cyclic N) is 1. The second kappa shape index (κ2) is 7.47. The van der Waals surface area contributed by atoms with E-state index >= 15 is 0 Å². The summed E-state index contributed by atoms with van der Waals surface area (Å²) in [7, 11) is 0. The summed E-state index contributed by atoms with van der Waals surface area (Å²) in [6, 6.07) is 26.7. The van der Waals surface area contributed by atoms with Gasteiger partial charge in [0, 0.05) is 19.6 Å². The van der Waals surface area contributed by atoms with Crippen LogP contribution in [-0.4, -0.2) is 22.2 Å². The SMILES string of the molecule is OC1(CN2Cc3ccc4ccccc4c3-c3c(ccc4ccccc34)C2)CCCCC1. The molecule has 0 atom stereocenters. The molecule has 1 heterocycles. The van der Waals surface area contributed by atoms with Gasteiger partial charge in [0.2, 0.25) is 0 Å². The topological polar surface area (TPSA) is 23.5 Å². The van der Waals surface area contributed by atoms with E-state index in [0.717, 1.165) is 45.3 Å². The van der Waals surface area contributed by atoms with Crippen molar-refractivity contribution in [3.8, 4) is 11.1 Å². The van der Waals surface area contributed by atoms with Crippen LogP contribution in [0, 0.1) is 0 Å². The molecule has 2 heteroatoms. The van der Waals surface area contributed by atoms with Crippen LogP contribution in [0.25, 0.3) is 32.7 Å². The molecule has 1 N–H and O–H groups in total. The first-order valence-corrected chi connectivity index (χ1v) is 11.7. The van der Waals surface area contributed by atoms with E-state index in [4.69, 9.17) is 0 Å². The monoisotopic (exact) mass is 407 g/mol. The van der Waals surface area contributed by atoms with Gasteiger partial charge in [0.05, 0.1) is 5.60 Å². The predicted octanol–water partition coefficient (Wildman–Crippen LogP) is 6.67. The molecule has 31 heavy (non-hydrogen) atoms. The van der Waals surface area contributed by atoms with Crippen molar-refractivity contribution in [1.29, 1.82) is 0 Å². The lowest BCUT2D eigenvalue weighted by molar-refractivity contribution is -0.0298. The smallest absolute Gasteiger partial charge is 0.0774 e. The van der Waals surface area contributed by atoms with E-state index in [2.05, 4.69) is 77.7 Å². The van der Waals surface area contributed by atoms with Crippen molar-refractivity contribution < 1.29 is 5.11 Å². The maximum atomic E-state index is 11.3. The molecule has 0 bridgehead atoms. The zero-order valence-electron chi connectivity index (χ0n) is 18.0. The third-order valence-electron chi connectivity index (χ3n) is 7.37. The van der Waals surface area contributed by atoms with Crippen LogP contribution >= 0.6 is 0 Å². The fraction of sp³-hybridized carbons (Fsp3) is 0.310. The van der Waals surface area contributed by atoms with Crippen molar-refractivity contribution in [3.63, 3.8) is 0 Å². The van der Waals surface area contributed by atoms with Crippen LogP contribution in [0.2, 0.25) is 0 Å². The molecule has 0 unspecified atom stereocenters. The summed E-state index contributed by atoms with van der Waals surface area (Å²) in [6.45, 7) is 2.52. The minimum Gasteiger partial charge on any atom is -0.389 e. The zero-order valence-corrected chi connectivity index (χ0v) is 18.0. The van der Waals surface area contributed by atoms with Gasteiger partial charge in [0.15, 0.2) is 0 Å². The van der Waals surface area contributed by atoms with Crippen molar-refractivity contribution in [2.75, 3.05) is 6.54 Å². The van der Waals surface area contributed by atoms with Crippen LogP contribution in [0.15, 0.2) is 72.8 Å². The normalized spacial score (nSPS) is 18.5. The van der Waals surface area contributed by atoms with Gasteiger partial charge in [-0.3, -0.25) is 4.90 Å². The highest BCUT2D eigenvalue weighted by atomic mass is 16.3. The molecule has 1 aliphatic heterocycles. The van der Waals surface area contributed by atoms with E-state index in [1.807, 2.05) is 0 Å². The molecule has 6 rings (SSSR count). The molecule has 1 fully saturated rings. The summed E-state index contributed by atoms with van der Waals surface area (Å²) in [5, 5.41) is 16.6. The minimum absolute atomic E-state index is 0.545. The number of hydrogen-bond donors (Lipinski definition) is 1. The van der Waals surface area contributed by atoms with Crippen LogP contribution in [0.3, 0.4) is 0 Å². The highest BCUT2D eigenvalue weighted by Crippen LogP contribution is 2.42. The van der Waals surface area contributed by atoms with Crippen LogP contribution in [0.5, 0.6) is 0 Å². The highest BCUT2D eigenvalue weighted by molar-refractivity contribution is 6.08. The third-order valence-corrected chi connectivity index (χ3v) is 7.37. The molecule has 1 aliphatic carbocycles. The van der Waals surface area contributed by atoms with E-state index in [1.54, 1.807) is 0 Å². The molecule has 0 saturated heterocycles. The van der Waals surface area contributed by atoms with E-state index in [1.165, 1.54) is 50.2 Å². The maximum Gasteiger partial charge on any atom is 0.0774 e. The van der Waals surface area contributed by atoms with Crippen molar-refractivity contribution in [3.05, 3.63) is 83.9 Å². The van der Waals surface area contributed by atoms with Gasteiger partial charge in [-0.1, -0.05) is 92.1 Å². The van der Waals surface area contributed by atoms with Gasteiger partial charge in [-0.05, 0) is 56.6 Å². The Bertz CT molecular complexity index is 1180. The number of aliphatic hydroxyl groups is 1. The molecule has 0 amide bonds. The van der Waals surface area contributed by atoms with Gasteiger partial charge < -0.3 is 5.11 Å².